The van der Waals surface area contributed by atoms with Gasteiger partial charge in [0.2, 0.25) is 0 Å². The summed E-state index contributed by atoms with van der Waals surface area (Å²) in [4.78, 5) is 3.83. The summed E-state index contributed by atoms with van der Waals surface area (Å²) < 4.78 is 21.8. The van der Waals surface area contributed by atoms with Crippen molar-refractivity contribution in [3.63, 3.8) is 0 Å². The van der Waals surface area contributed by atoms with E-state index in [4.69, 9.17) is 17.3 Å². The average molecular weight is 221 g/mol. The van der Waals surface area contributed by atoms with Gasteiger partial charge in [0.05, 0.1) is 28.4 Å². The smallest absolute Gasteiger partial charge is 0.153 e. The fourth-order valence-corrected chi connectivity index (χ4v) is 1.88. The predicted octanol–water partition coefficient (Wildman–Crippen LogP) is 0.862. The molecule has 0 aliphatic heterocycles. The number of rotatable bonds is 2. The molecule has 0 amide bonds. The summed E-state index contributed by atoms with van der Waals surface area (Å²) >= 11 is 5.73. The molecule has 0 unspecified atom stereocenters. The largest absolute Gasteiger partial charge is 0.397 e. The highest BCUT2D eigenvalue weighted by Gasteiger charge is 2.09. The first-order valence-corrected chi connectivity index (χ1v) is 5.90. The molecule has 0 spiro atoms. The van der Waals surface area contributed by atoms with Gasteiger partial charge in [0, 0.05) is 6.26 Å². The highest BCUT2D eigenvalue weighted by molar-refractivity contribution is 7.89. The third kappa shape index (κ3) is 3.20. The first kappa shape index (κ1) is 10.3. The number of anilines is 1. The van der Waals surface area contributed by atoms with E-state index in [2.05, 4.69) is 4.98 Å². The van der Waals surface area contributed by atoms with Crippen LogP contribution in [0.1, 0.15) is 5.69 Å². The van der Waals surface area contributed by atoms with Crippen LogP contribution in [0, 0.1) is 0 Å². The maximum atomic E-state index is 10.9. The Morgan fingerprint density at radius 3 is 2.69 bits per heavy atom. The minimum atomic E-state index is -3.10. The van der Waals surface area contributed by atoms with Gasteiger partial charge in [-0.05, 0) is 6.07 Å². The lowest BCUT2D eigenvalue weighted by Gasteiger charge is -2.01. The Kier molecular flexibility index (Phi) is 2.77. The van der Waals surface area contributed by atoms with E-state index in [1.54, 1.807) is 0 Å². The lowest BCUT2D eigenvalue weighted by Crippen LogP contribution is -2.03. The topological polar surface area (TPSA) is 73.0 Å². The van der Waals surface area contributed by atoms with Crippen LogP contribution in [0.3, 0.4) is 0 Å². The number of nitrogens with zero attached hydrogens (tertiary/aromatic N) is 1. The minimum Gasteiger partial charge on any atom is -0.397 e. The van der Waals surface area contributed by atoms with Crippen LogP contribution in [-0.2, 0) is 15.6 Å². The number of pyridine rings is 1. The quantitative estimate of drug-likeness (QED) is 0.803. The zero-order valence-electron chi connectivity index (χ0n) is 6.99. The number of hydrogen-bond donors (Lipinski definition) is 1. The monoisotopic (exact) mass is 220 g/mol. The molecule has 0 saturated heterocycles. The van der Waals surface area contributed by atoms with Crippen molar-refractivity contribution in [3.05, 3.63) is 23.0 Å². The molecule has 0 saturated carbocycles. The maximum absolute atomic E-state index is 10.9. The van der Waals surface area contributed by atoms with Crippen LogP contribution in [-0.4, -0.2) is 19.7 Å². The van der Waals surface area contributed by atoms with Crippen LogP contribution >= 0.6 is 11.6 Å². The summed E-state index contributed by atoms with van der Waals surface area (Å²) in [7, 11) is -3.10. The Balaban J connectivity index is 3.04. The molecule has 0 aromatic carbocycles. The second kappa shape index (κ2) is 3.51. The molecular formula is C7H9ClN2O2S. The van der Waals surface area contributed by atoms with Crippen molar-refractivity contribution >= 4 is 27.1 Å². The average Bonchev–Trinajstić information content (AvgIpc) is 1.93. The van der Waals surface area contributed by atoms with Gasteiger partial charge in [-0.15, -0.1) is 0 Å². The molecule has 0 atom stereocenters. The van der Waals surface area contributed by atoms with Crippen molar-refractivity contribution in [2.45, 2.75) is 5.75 Å². The summed E-state index contributed by atoms with van der Waals surface area (Å²) in [6.45, 7) is 0. The summed E-state index contributed by atoms with van der Waals surface area (Å²) in [5.41, 5.74) is 6.15. The van der Waals surface area contributed by atoms with Crippen LogP contribution in [0.5, 0.6) is 0 Å². The van der Waals surface area contributed by atoms with Gasteiger partial charge in [0.25, 0.3) is 0 Å². The van der Waals surface area contributed by atoms with Gasteiger partial charge in [-0.25, -0.2) is 8.42 Å². The molecule has 1 rings (SSSR count). The lowest BCUT2D eigenvalue weighted by atomic mass is 10.3. The second-order valence-electron chi connectivity index (χ2n) is 2.77. The van der Waals surface area contributed by atoms with E-state index in [-0.39, 0.29) is 10.8 Å². The van der Waals surface area contributed by atoms with Crippen molar-refractivity contribution < 1.29 is 8.42 Å². The number of nitrogen functional groups attached to an aromatic ring is 1. The van der Waals surface area contributed by atoms with E-state index in [1.807, 2.05) is 0 Å². The number of aromatic nitrogens is 1. The number of halogens is 1. The maximum Gasteiger partial charge on any atom is 0.153 e. The Hall–Kier alpha value is -0.810. The molecule has 4 nitrogen and oxygen atoms in total. The van der Waals surface area contributed by atoms with Gasteiger partial charge in [0.15, 0.2) is 9.84 Å². The SMILES string of the molecule is CS(=O)(=O)Cc1ncc(N)cc1Cl. The summed E-state index contributed by atoms with van der Waals surface area (Å²) in [6.07, 6.45) is 2.51. The zero-order valence-corrected chi connectivity index (χ0v) is 8.56. The fourth-order valence-electron chi connectivity index (χ4n) is 0.836. The molecule has 0 aliphatic rings. The minimum absolute atomic E-state index is 0.161. The Morgan fingerprint density at radius 2 is 2.23 bits per heavy atom. The molecule has 6 heteroatoms. The number of nitrogens with two attached hydrogens (primary N) is 1. The summed E-state index contributed by atoms with van der Waals surface area (Å²) in [5.74, 6) is -0.161. The van der Waals surface area contributed by atoms with Crippen LogP contribution in [0.4, 0.5) is 5.69 Å². The lowest BCUT2D eigenvalue weighted by molar-refractivity contribution is 0.600. The van der Waals surface area contributed by atoms with Crippen molar-refractivity contribution in [3.8, 4) is 0 Å². The molecule has 1 aromatic rings. The Morgan fingerprint density at radius 1 is 1.62 bits per heavy atom. The second-order valence-corrected chi connectivity index (χ2v) is 5.31. The molecule has 0 bridgehead atoms. The van der Waals surface area contributed by atoms with Gasteiger partial charge in [0.1, 0.15) is 0 Å². The number of sulfone groups is 1. The molecule has 0 aliphatic carbocycles. The third-order valence-corrected chi connectivity index (χ3v) is 2.46. The van der Waals surface area contributed by atoms with Crippen LogP contribution in [0.15, 0.2) is 12.3 Å². The van der Waals surface area contributed by atoms with E-state index in [0.29, 0.717) is 11.4 Å². The van der Waals surface area contributed by atoms with E-state index in [1.165, 1.54) is 12.3 Å². The van der Waals surface area contributed by atoms with Gasteiger partial charge >= 0.3 is 0 Å². The molecule has 0 fully saturated rings. The van der Waals surface area contributed by atoms with Crippen LogP contribution in [0.25, 0.3) is 0 Å². The zero-order chi connectivity index (χ0) is 10.1. The standard InChI is InChI=1S/C7H9ClN2O2S/c1-13(11,12)4-7-6(8)2-5(9)3-10-7/h2-3H,4,9H2,1H3. The van der Waals surface area contributed by atoms with E-state index in [9.17, 15) is 8.42 Å². The van der Waals surface area contributed by atoms with Crippen LogP contribution < -0.4 is 5.73 Å². The van der Waals surface area contributed by atoms with Gasteiger partial charge in [-0.1, -0.05) is 11.6 Å². The highest BCUT2D eigenvalue weighted by atomic mass is 35.5. The van der Waals surface area contributed by atoms with E-state index >= 15 is 0 Å². The van der Waals surface area contributed by atoms with Crippen molar-refractivity contribution in [2.24, 2.45) is 0 Å². The van der Waals surface area contributed by atoms with Gasteiger partial charge in [-0.3, -0.25) is 4.98 Å². The molecule has 2 N–H and O–H groups in total. The van der Waals surface area contributed by atoms with E-state index < -0.39 is 9.84 Å². The molecular weight excluding hydrogens is 212 g/mol. The summed E-state index contributed by atoms with van der Waals surface area (Å²) in [6, 6.07) is 1.48. The number of hydrogen-bond acceptors (Lipinski definition) is 4. The third-order valence-electron chi connectivity index (χ3n) is 1.34. The molecule has 13 heavy (non-hydrogen) atoms. The van der Waals surface area contributed by atoms with Gasteiger partial charge in [-0.2, -0.15) is 0 Å². The van der Waals surface area contributed by atoms with Crippen molar-refractivity contribution in [1.82, 2.24) is 4.98 Å². The predicted molar refractivity (Wildman–Crippen MR) is 52.2 cm³/mol. The fraction of sp³-hybridized carbons (Fsp3) is 0.286. The molecule has 1 heterocycles. The van der Waals surface area contributed by atoms with Gasteiger partial charge < -0.3 is 5.73 Å². The van der Waals surface area contributed by atoms with Crippen LogP contribution in [0.2, 0.25) is 5.02 Å². The van der Waals surface area contributed by atoms with Crippen molar-refractivity contribution in [2.75, 3.05) is 12.0 Å². The van der Waals surface area contributed by atoms with Crippen molar-refractivity contribution in [1.29, 1.82) is 0 Å². The Bertz CT molecular complexity index is 417. The van der Waals surface area contributed by atoms with E-state index in [0.717, 1.165) is 6.26 Å². The molecule has 0 radical (unpaired) electrons. The Labute approximate surface area is 81.6 Å². The molecule has 1 aromatic heterocycles. The first-order chi connectivity index (χ1) is 5.88. The highest BCUT2D eigenvalue weighted by Crippen LogP contribution is 2.17. The first-order valence-electron chi connectivity index (χ1n) is 3.46. The summed E-state index contributed by atoms with van der Waals surface area (Å²) in [5, 5.41) is 0.283. The normalized spacial score (nSPS) is 11.5. The molecule has 72 valence electrons.